The van der Waals surface area contributed by atoms with Gasteiger partial charge in [-0.25, -0.2) is 0 Å². The summed E-state index contributed by atoms with van der Waals surface area (Å²) >= 11 is 0. The highest BCUT2D eigenvalue weighted by atomic mass is 19.4. The van der Waals surface area contributed by atoms with Crippen molar-refractivity contribution in [3.63, 3.8) is 0 Å². The average Bonchev–Trinajstić information content (AvgIpc) is 3.12. The van der Waals surface area contributed by atoms with Crippen molar-refractivity contribution < 1.29 is 23.1 Å². The minimum atomic E-state index is -4.41. The molecule has 1 heterocycles. The highest BCUT2D eigenvalue weighted by molar-refractivity contribution is 5.87. The first-order valence-corrected chi connectivity index (χ1v) is 10.5. The summed E-state index contributed by atoms with van der Waals surface area (Å²) in [5.41, 5.74) is 2.34. The van der Waals surface area contributed by atoms with Gasteiger partial charge < -0.3 is 9.67 Å². The van der Waals surface area contributed by atoms with Gasteiger partial charge in [0.05, 0.1) is 12.0 Å². The summed E-state index contributed by atoms with van der Waals surface area (Å²) in [5, 5.41) is 10.2. The van der Waals surface area contributed by atoms with Crippen molar-refractivity contribution in [3.05, 3.63) is 107 Å². The molecule has 0 fully saturated rings. The summed E-state index contributed by atoms with van der Waals surface area (Å²) in [6.07, 6.45) is -3.05. The van der Waals surface area contributed by atoms with E-state index < -0.39 is 17.7 Å². The maximum atomic E-state index is 13.2. The number of para-hydroxylation sites is 1. The second-order valence-corrected chi connectivity index (χ2v) is 8.05. The second kappa shape index (κ2) is 9.11. The zero-order valence-electron chi connectivity index (χ0n) is 18.0. The number of nitrogens with zero attached hydrogens (tertiary/aromatic N) is 2. The van der Waals surface area contributed by atoms with Crippen LogP contribution < -0.4 is 0 Å². The Bertz CT molecular complexity index is 1270. The summed E-state index contributed by atoms with van der Waals surface area (Å²) in [6.45, 7) is 0.268. The normalized spacial score (nSPS) is 12.9. The van der Waals surface area contributed by atoms with E-state index in [9.17, 15) is 23.1 Å². The SMILES string of the molecule is CN(Cc1cccc(C(F)(F)F)c1)C(c1ccccc1)n1cc(CC(=O)O)c2ccccc21. The lowest BCUT2D eigenvalue weighted by Gasteiger charge is -2.31. The zero-order valence-corrected chi connectivity index (χ0v) is 18.0. The largest absolute Gasteiger partial charge is 0.481 e. The molecule has 170 valence electrons. The van der Waals surface area contributed by atoms with Crippen molar-refractivity contribution in [1.29, 1.82) is 0 Å². The number of carboxylic acid groups (broad SMARTS) is 1. The van der Waals surface area contributed by atoms with Gasteiger partial charge in [-0.15, -0.1) is 0 Å². The van der Waals surface area contributed by atoms with Crippen LogP contribution in [0.5, 0.6) is 0 Å². The summed E-state index contributed by atoms with van der Waals surface area (Å²) in [7, 11) is 1.85. The maximum Gasteiger partial charge on any atom is 0.416 e. The predicted octanol–water partition coefficient (Wildman–Crippen LogP) is 5.97. The maximum absolute atomic E-state index is 13.2. The average molecular weight is 452 g/mol. The molecule has 4 aromatic rings. The van der Waals surface area contributed by atoms with Gasteiger partial charge in [-0.1, -0.05) is 66.7 Å². The van der Waals surface area contributed by atoms with E-state index in [1.54, 1.807) is 6.07 Å². The highest BCUT2D eigenvalue weighted by Crippen LogP contribution is 2.33. The van der Waals surface area contributed by atoms with Gasteiger partial charge in [-0.3, -0.25) is 9.69 Å². The van der Waals surface area contributed by atoms with Crippen molar-refractivity contribution in [2.24, 2.45) is 0 Å². The molecule has 33 heavy (non-hydrogen) atoms. The zero-order chi connectivity index (χ0) is 23.6. The van der Waals surface area contributed by atoms with Crippen LogP contribution in [0.2, 0.25) is 0 Å². The minimum absolute atomic E-state index is 0.119. The number of fused-ring (bicyclic) bond motifs is 1. The van der Waals surface area contributed by atoms with E-state index in [1.807, 2.05) is 77.3 Å². The Morgan fingerprint density at radius 1 is 1.00 bits per heavy atom. The fraction of sp³-hybridized carbons (Fsp3) is 0.192. The molecule has 0 saturated carbocycles. The molecule has 0 radical (unpaired) electrons. The molecule has 0 aliphatic heterocycles. The van der Waals surface area contributed by atoms with E-state index in [1.165, 1.54) is 12.1 Å². The number of carboxylic acids is 1. The molecule has 1 atom stereocenters. The van der Waals surface area contributed by atoms with E-state index in [-0.39, 0.29) is 19.1 Å². The quantitative estimate of drug-likeness (QED) is 0.376. The monoisotopic (exact) mass is 452 g/mol. The molecule has 0 amide bonds. The number of aromatic nitrogens is 1. The summed E-state index contributed by atoms with van der Waals surface area (Å²) in [5.74, 6) is -0.925. The first-order valence-electron chi connectivity index (χ1n) is 10.5. The van der Waals surface area contributed by atoms with E-state index in [0.717, 1.165) is 22.5 Å². The number of hydrogen-bond acceptors (Lipinski definition) is 2. The van der Waals surface area contributed by atoms with Gasteiger partial charge in [0, 0.05) is 23.6 Å². The lowest BCUT2D eigenvalue weighted by atomic mass is 10.1. The molecule has 0 saturated heterocycles. The summed E-state index contributed by atoms with van der Waals surface area (Å²) in [6, 6.07) is 22.5. The van der Waals surface area contributed by atoms with Crippen LogP contribution >= 0.6 is 0 Å². The Labute approximate surface area is 189 Å². The van der Waals surface area contributed by atoms with Crippen LogP contribution in [0.25, 0.3) is 10.9 Å². The lowest BCUT2D eigenvalue weighted by Crippen LogP contribution is -2.29. The van der Waals surface area contributed by atoms with Gasteiger partial charge in [0.15, 0.2) is 0 Å². The van der Waals surface area contributed by atoms with Crippen LogP contribution in [-0.2, 0) is 23.9 Å². The molecule has 4 rings (SSSR count). The Morgan fingerprint density at radius 2 is 1.70 bits per heavy atom. The molecule has 0 spiro atoms. The van der Waals surface area contributed by atoms with Crippen LogP contribution in [0.3, 0.4) is 0 Å². The molecule has 0 aliphatic rings. The molecule has 1 unspecified atom stereocenters. The lowest BCUT2D eigenvalue weighted by molar-refractivity contribution is -0.138. The van der Waals surface area contributed by atoms with E-state index in [0.29, 0.717) is 11.1 Å². The van der Waals surface area contributed by atoms with Crippen molar-refractivity contribution in [3.8, 4) is 0 Å². The number of rotatable bonds is 7. The van der Waals surface area contributed by atoms with Crippen molar-refractivity contribution in [2.45, 2.75) is 25.3 Å². The number of halogens is 3. The topological polar surface area (TPSA) is 45.5 Å². The molecule has 4 nitrogen and oxygen atoms in total. The van der Waals surface area contributed by atoms with Crippen LogP contribution in [-0.4, -0.2) is 27.6 Å². The molecule has 1 N–H and O–H groups in total. The van der Waals surface area contributed by atoms with E-state index in [2.05, 4.69) is 0 Å². The third-order valence-corrected chi connectivity index (χ3v) is 5.63. The number of aliphatic carboxylic acids is 1. The van der Waals surface area contributed by atoms with Crippen LogP contribution in [0.1, 0.15) is 28.4 Å². The first-order chi connectivity index (χ1) is 15.7. The summed E-state index contributed by atoms with van der Waals surface area (Å²) in [4.78, 5) is 13.4. The van der Waals surface area contributed by atoms with Gasteiger partial charge in [0.2, 0.25) is 0 Å². The predicted molar refractivity (Wildman–Crippen MR) is 121 cm³/mol. The third kappa shape index (κ3) is 4.93. The molecule has 7 heteroatoms. The second-order valence-electron chi connectivity index (χ2n) is 8.05. The third-order valence-electron chi connectivity index (χ3n) is 5.63. The smallest absolute Gasteiger partial charge is 0.416 e. The molecule has 0 bridgehead atoms. The van der Waals surface area contributed by atoms with Crippen LogP contribution in [0.15, 0.2) is 85.1 Å². The minimum Gasteiger partial charge on any atom is -0.481 e. The van der Waals surface area contributed by atoms with Gasteiger partial charge in [-0.05, 0) is 35.9 Å². The molecule has 3 aromatic carbocycles. The van der Waals surface area contributed by atoms with Gasteiger partial charge in [0.1, 0.15) is 6.17 Å². The van der Waals surface area contributed by atoms with Crippen LogP contribution in [0.4, 0.5) is 13.2 Å². The molecule has 0 aliphatic carbocycles. The van der Waals surface area contributed by atoms with Crippen molar-refractivity contribution in [1.82, 2.24) is 9.47 Å². The van der Waals surface area contributed by atoms with Gasteiger partial charge >= 0.3 is 12.1 Å². The summed E-state index contributed by atoms with van der Waals surface area (Å²) < 4.78 is 41.6. The Morgan fingerprint density at radius 3 is 2.39 bits per heavy atom. The Kier molecular flexibility index (Phi) is 6.24. The fourth-order valence-electron chi connectivity index (χ4n) is 4.26. The van der Waals surface area contributed by atoms with E-state index in [4.69, 9.17) is 0 Å². The van der Waals surface area contributed by atoms with Gasteiger partial charge in [0.25, 0.3) is 0 Å². The van der Waals surface area contributed by atoms with E-state index >= 15 is 0 Å². The molecular weight excluding hydrogens is 429 g/mol. The highest BCUT2D eigenvalue weighted by Gasteiger charge is 2.30. The Balaban J connectivity index is 1.79. The molecule has 1 aromatic heterocycles. The first kappa shape index (κ1) is 22.6. The number of hydrogen-bond donors (Lipinski definition) is 1. The van der Waals surface area contributed by atoms with Crippen LogP contribution in [0, 0.1) is 0 Å². The number of benzene rings is 3. The van der Waals surface area contributed by atoms with Crippen molar-refractivity contribution in [2.75, 3.05) is 7.05 Å². The Hall–Kier alpha value is -3.58. The van der Waals surface area contributed by atoms with Gasteiger partial charge in [-0.2, -0.15) is 13.2 Å². The molecular formula is C26H23F3N2O2. The number of carbonyl (C=O) groups is 1. The fourth-order valence-corrected chi connectivity index (χ4v) is 4.26. The number of alkyl halides is 3. The van der Waals surface area contributed by atoms with Crippen molar-refractivity contribution >= 4 is 16.9 Å². The standard InChI is InChI=1S/C26H23F3N2O2/c1-30(16-18-8-7-11-21(14-18)26(27,28)29)25(19-9-3-2-4-10-19)31-17-20(15-24(32)33)22-12-5-6-13-23(22)31/h2-14,17,25H,15-16H2,1H3,(H,32,33).